The summed E-state index contributed by atoms with van der Waals surface area (Å²) in [5, 5.41) is 10.5. The van der Waals surface area contributed by atoms with Crippen molar-refractivity contribution in [2.45, 2.75) is 44.2 Å². The van der Waals surface area contributed by atoms with E-state index in [2.05, 4.69) is 31.9 Å². The number of pyridine rings is 2. The van der Waals surface area contributed by atoms with Crippen LogP contribution in [0, 0.1) is 6.92 Å². The highest BCUT2D eigenvalue weighted by Crippen LogP contribution is 2.47. The molecule has 2 saturated heterocycles. The fourth-order valence-corrected chi connectivity index (χ4v) is 8.79. The van der Waals surface area contributed by atoms with E-state index in [0.29, 0.717) is 62.0 Å². The van der Waals surface area contributed by atoms with Crippen molar-refractivity contribution in [3.8, 4) is 28.3 Å². The zero-order valence-corrected chi connectivity index (χ0v) is 30.8. The SMILES string of the molecule is COc1nc(-c2cccc(-c3cccc(Nc4nc(C)cc5c4c(=O)n(C)c(=O)n5C)c3Cl)c2Cl)cc2c1[C@H](N1CC[C@@]3(CCNC(=O)N3)C1)CC2. The molecule has 2 amide bonds. The van der Waals surface area contributed by atoms with E-state index in [1.807, 2.05) is 30.3 Å². The van der Waals surface area contributed by atoms with Gasteiger partial charge in [0.1, 0.15) is 11.2 Å². The molecular weight excluding hydrogens is 703 g/mol. The van der Waals surface area contributed by atoms with E-state index < -0.39 is 11.2 Å². The average Bonchev–Trinajstić information content (AvgIpc) is 3.74. The molecule has 0 radical (unpaired) electrons. The Morgan fingerprint density at radius 2 is 1.71 bits per heavy atom. The van der Waals surface area contributed by atoms with E-state index in [1.54, 1.807) is 33.2 Å². The molecule has 2 aliphatic heterocycles. The van der Waals surface area contributed by atoms with Gasteiger partial charge in [-0.1, -0.05) is 53.5 Å². The van der Waals surface area contributed by atoms with Gasteiger partial charge in [-0.05, 0) is 56.4 Å². The topological polar surface area (TPSA) is 135 Å². The van der Waals surface area contributed by atoms with Gasteiger partial charge in [0, 0.05) is 67.7 Å². The van der Waals surface area contributed by atoms with E-state index >= 15 is 0 Å². The number of hydrogen-bond donors (Lipinski definition) is 3. The van der Waals surface area contributed by atoms with Crippen molar-refractivity contribution < 1.29 is 9.53 Å². The fourth-order valence-electron chi connectivity index (χ4n) is 8.19. The van der Waals surface area contributed by atoms with Crippen LogP contribution in [0.25, 0.3) is 33.3 Å². The van der Waals surface area contributed by atoms with Crippen LogP contribution in [0.2, 0.25) is 10.0 Å². The summed E-state index contributed by atoms with van der Waals surface area (Å²) < 4.78 is 8.43. The van der Waals surface area contributed by atoms with Crippen LogP contribution in [0.1, 0.15) is 42.1 Å². The summed E-state index contributed by atoms with van der Waals surface area (Å²) in [4.78, 5) is 50.2. The molecule has 0 saturated carbocycles. The van der Waals surface area contributed by atoms with Crippen molar-refractivity contribution >= 4 is 51.6 Å². The highest BCUT2D eigenvalue weighted by atomic mass is 35.5. The first kappa shape index (κ1) is 34.2. The Bertz CT molecular complexity index is 2430. The van der Waals surface area contributed by atoms with Gasteiger partial charge in [-0.25, -0.2) is 19.6 Å². The third-order valence-electron chi connectivity index (χ3n) is 10.8. The third kappa shape index (κ3) is 5.60. The van der Waals surface area contributed by atoms with Gasteiger partial charge in [0.25, 0.3) is 5.56 Å². The number of ether oxygens (including phenoxy) is 1. The van der Waals surface area contributed by atoms with Gasteiger partial charge in [-0.3, -0.25) is 18.8 Å². The van der Waals surface area contributed by atoms with E-state index in [-0.39, 0.29) is 23.0 Å². The molecule has 268 valence electrons. The molecule has 8 rings (SSSR count). The summed E-state index contributed by atoms with van der Waals surface area (Å²) in [6.07, 6.45) is 3.64. The second kappa shape index (κ2) is 12.9. The van der Waals surface area contributed by atoms with Crippen LogP contribution in [0.15, 0.2) is 58.1 Å². The second-order valence-corrected chi connectivity index (χ2v) is 14.7. The van der Waals surface area contributed by atoms with Crippen molar-refractivity contribution in [2.24, 2.45) is 14.1 Å². The monoisotopic (exact) mass is 740 g/mol. The lowest BCUT2D eigenvalue weighted by Crippen LogP contribution is -2.59. The van der Waals surface area contributed by atoms with E-state index in [1.165, 1.54) is 17.2 Å². The summed E-state index contributed by atoms with van der Waals surface area (Å²) in [6, 6.07) is 15.2. The van der Waals surface area contributed by atoms with Gasteiger partial charge in [0.15, 0.2) is 0 Å². The molecule has 0 bridgehead atoms. The number of hydrogen-bond acceptors (Lipinski definition) is 8. The van der Waals surface area contributed by atoms with Crippen LogP contribution in [0.5, 0.6) is 5.88 Å². The Morgan fingerprint density at radius 1 is 0.962 bits per heavy atom. The average molecular weight is 742 g/mol. The standard InChI is InChI=1S/C38H38Cl2N8O4/c1-20-17-28-30(35(49)47(3)37(51)46(28)2)33(42-20)43-25-10-6-8-23(32(25)40)22-7-5-9-24(31(22)39)26-18-21-11-12-27(29(21)34(44-26)52-4)48-16-14-38(19-48)13-15-41-36(50)45-38/h5-10,17-18,27H,11-16,19H2,1-4H3,(H,42,43)(H2,41,45,50)/t27-,38+/m1/s1. The van der Waals surface area contributed by atoms with Crippen molar-refractivity contribution in [3.05, 3.63) is 96.2 Å². The summed E-state index contributed by atoms with van der Waals surface area (Å²) in [6.45, 7) is 4.18. The van der Waals surface area contributed by atoms with Gasteiger partial charge in [0.05, 0.1) is 39.6 Å². The predicted octanol–water partition coefficient (Wildman–Crippen LogP) is 5.86. The number of aryl methyl sites for hydroxylation is 3. The molecule has 52 heavy (non-hydrogen) atoms. The molecule has 3 N–H and O–H groups in total. The van der Waals surface area contributed by atoms with Crippen molar-refractivity contribution in [1.29, 1.82) is 0 Å². The third-order valence-corrected chi connectivity index (χ3v) is 11.6. The number of rotatable bonds is 6. The Morgan fingerprint density at radius 3 is 2.48 bits per heavy atom. The summed E-state index contributed by atoms with van der Waals surface area (Å²) in [7, 11) is 4.72. The number of fused-ring (bicyclic) bond motifs is 2. The number of amides is 2. The van der Waals surface area contributed by atoms with E-state index in [0.717, 1.165) is 54.5 Å². The number of carbonyl (C=O) groups excluding carboxylic acids is 1. The predicted molar refractivity (Wildman–Crippen MR) is 203 cm³/mol. The number of nitrogens with one attached hydrogen (secondary N) is 3. The largest absolute Gasteiger partial charge is 0.481 e. The first-order valence-electron chi connectivity index (χ1n) is 17.3. The molecule has 12 nitrogen and oxygen atoms in total. The van der Waals surface area contributed by atoms with Crippen LogP contribution in [-0.2, 0) is 20.5 Å². The highest BCUT2D eigenvalue weighted by Gasteiger charge is 2.45. The van der Waals surface area contributed by atoms with Gasteiger partial charge >= 0.3 is 11.7 Å². The van der Waals surface area contributed by atoms with Crippen LogP contribution in [0.4, 0.5) is 16.3 Å². The number of anilines is 2. The van der Waals surface area contributed by atoms with Gasteiger partial charge < -0.3 is 20.7 Å². The zero-order valence-electron chi connectivity index (χ0n) is 29.3. The van der Waals surface area contributed by atoms with Gasteiger partial charge in [0.2, 0.25) is 5.88 Å². The maximum Gasteiger partial charge on any atom is 0.330 e. The number of carbonyl (C=O) groups is 1. The molecule has 0 unspecified atom stereocenters. The van der Waals surface area contributed by atoms with Crippen LogP contribution < -0.4 is 31.9 Å². The smallest absolute Gasteiger partial charge is 0.330 e. The van der Waals surface area contributed by atoms with Crippen LogP contribution in [-0.4, -0.2) is 62.3 Å². The lowest BCUT2D eigenvalue weighted by Gasteiger charge is -2.36. The molecule has 2 atom stereocenters. The number of aromatic nitrogens is 4. The zero-order chi connectivity index (χ0) is 36.5. The molecule has 5 heterocycles. The Kier molecular flexibility index (Phi) is 8.51. The minimum atomic E-state index is -0.459. The summed E-state index contributed by atoms with van der Waals surface area (Å²) >= 11 is 14.3. The van der Waals surface area contributed by atoms with Crippen molar-refractivity contribution in [1.82, 2.24) is 34.6 Å². The molecule has 14 heteroatoms. The van der Waals surface area contributed by atoms with E-state index in [9.17, 15) is 14.4 Å². The normalized spacial score (nSPS) is 19.9. The lowest BCUT2D eigenvalue weighted by atomic mass is 9.93. The number of urea groups is 1. The molecule has 1 aliphatic carbocycles. The van der Waals surface area contributed by atoms with Crippen molar-refractivity contribution in [3.63, 3.8) is 0 Å². The van der Waals surface area contributed by atoms with Crippen molar-refractivity contribution in [2.75, 3.05) is 32.1 Å². The Labute approximate surface area is 309 Å². The molecule has 2 fully saturated rings. The molecule has 3 aliphatic rings. The number of methoxy groups -OCH3 is 1. The molecule has 1 spiro atoms. The number of likely N-dealkylation sites (tertiary alicyclic amines) is 1. The lowest BCUT2D eigenvalue weighted by molar-refractivity contribution is 0.187. The number of nitrogens with zero attached hydrogens (tertiary/aromatic N) is 5. The highest BCUT2D eigenvalue weighted by molar-refractivity contribution is 6.39. The Hall–Kier alpha value is -4.91. The molecule has 5 aromatic rings. The quantitative estimate of drug-likeness (QED) is 0.197. The first-order valence-corrected chi connectivity index (χ1v) is 18.0. The minimum Gasteiger partial charge on any atom is -0.481 e. The molecular formula is C38H38Cl2N8O4. The van der Waals surface area contributed by atoms with Crippen LogP contribution in [0.3, 0.4) is 0 Å². The maximum atomic E-state index is 13.3. The Balaban J connectivity index is 1.13. The van der Waals surface area contributed by atoms with E-state index in [4.69, 9.17) is 32.9 Å². The number of halogens is 2. The maximum absolute atomic E-state index is 13.3. The fraction of sp³-hybridized carbons (Fsp3) is 0.342. The minimum absolute atomic E-state index is 0.0923. The summed E-state index contributed by atoms with van der Waals surface area (Å²) in [5.41, 5.74) is 5.64. The van der Waals surface area contributed by atoms with Gasteiger partial charge in [-0.2, -0.15) is 0 Å². The molecule has 3 aromatic heterocycles. The number of benzene rings is 2. The summed E-state index contributed by atoms with van der Waals surface area (Å²) in [5.74, 6) is 0.875. The first-order chi connectivity index (χ1) is 25.0. The van der Waals surface area contributed by atoms with Gasteiger partial charge in [-0.15, -0.1) is 0 Å². The molecule has 2 aromatic carbocycles. The second-order valence-electron chi connectivity index (χ2n) is 13.9. The van der Waals surface area contributed by atoms with Crippen LogP contribution >= 0.6 is 23.2 Å².